The molecule has 8 nitrogen and oxygen atoms in total. The van der Waals surface area contributed by atoms with E-state index in [2.05, 4.69) is 41.4 Å². The second-order valence-electron chi connectivity index (χ2n) is 8.25. The van der Waals surface area contributed by atoms with Crippen LogP contribution < -0.4 is 20.9 Å². The lowest BCUT2D eigenvalue weighted by atomic mass is 9.86. The number of hydrogen-bond acceptors (Lipinski definition) is 5. The summed E-state index contributed by atoms with van der Waals surface area (Å²) in [6, 6.07) is 10.7. The molecule has 8 heteroatoms. The lowest BCUT2D eigenvalue weighted by Crippen LogP contribution is -2.28. The van der Waals surface area contributed by atoms with Crippen LogP contribution in [0.2, 0.25) is 0 Å². The lowest BCUT2D eigenvalue weighted by molar-refractivity contribution is -0.118. The number of aromatic amines is 1. The van der Waals surface area contributed by atoms with Crippen LogP contribution in [0.15, 0.2) is 41.2 Å². The van der Waals surface area contributed by atoms with Crippen molar-refractivity contribution in [1.82, 2.24) is 15.3 Å². The Labute approximate surface area is 172 Å². The van der Waals surface area contributed by atoms with Gasteiger partial charge >= 0.3 is 0 Å². The Morgan fingerprint density at radius 2 is 1.97 bits per heavy atom. The summed E-state index contributed by atoms with van der Waals surface area (Å²) in [5, 5.41) is 5.91. The molecular formula is C22H22N4O4. The number of amides is 2. The minimum absolute atomic E-state index is 0.0126. The Morgan fingerprint density at radius 3 is 2.73 bits per heavy atom. The monoisotopic (exact) mass is 406 g/mol. The topological polar surface area (TPSA) is 113 Å². The fourth-order valence-electron chi connectivity index (χ4n) is 3.22. The first kappa shape index (κ1) is 19.6. The summed E-state index contributed by atoms with van der Waals surface area (Å²) in [7, 11) is 0. The van der Waals surface area contributed by atoms with Gasteiger partial charge in [0.15, 0.2) is 12.4 Å². The second kappa shape index (κ2) is 7.29. The molecule has 3 N–H and O–H groups in total. The van der Waals surface area contributed by atoms with Gasteiger partial charge in [-0.25, -0.2) is 4.98 Å². The maximum absolute atomic E-state index is 12.5. The maximum Gasteiger partial charge on any atom is 0.287 e. The Hall–Kier alpha value is -3.68. The van der Waals surface area contributed by atoms with Crippen LogP contribution in [0.5, 0.6) is 5.75 Å². The van der Waals surface area contributed by atoms with E-state index in [1.165, 1.54) is 0 Å². The van der Waals surface area contributed by atoms with Crippen LogP contribution in [-0.2, 0) is 16.8 Å². The van der Waals surface area contributed by atoms with Crippen molar-refractivity contribution in [3.05, 3.63) is 63.7 Å². The number of hydrogen-bond donors (Lipinski definition) is 3. The van der Waals surface area contributed by atoms with Crippen LogP contribution in [0.3, 0.4) is 0 Å². The van der Waals surface area contributed by atoms with E-state index in [9.17, 15) is 14.4 Å². The number of aromatic nitrogens is 2. The van der Waals surface area contributed by atoms with Gasteiger partial charge in [0.2, 0.25) is 0 Å². The molecule has 1 aliphatic rings. The van der Waals surface area contributed by atoms with E-state index in [4.69, 9.17) is 4.74 Å². The van der Waals surface area contributed by atoms with Crippen molar-refractivity contribution in [3.8, 4) is 5.75 Å². The Bertz CT molecular complexity index is 1220. The van der Waals surface area contributed by atoms with E-state index in [0.717, 1.165) is 11.1 Å². The molecule has 0 saturated heterocycles. The Kier molecular flexibility index (Phi) is 4.77. The second-order valence-corrected chi connectivity index (χ2v) is 8.25. The molecule has 2 aromatic carbocycles. The fraction of sp³-hybridized carbons (Fsp3) is 0.273. The molecule has 0 bridgehead atoms. The molecule has 0 saturated carbocycles. The number of ether oxygens (including phenoxy) is 1. The molecule has 0 spiro atoms. The van der Waals surface area contributed by atoms with Crippen LogP contribution in [0.1, 0.15) is 42.5 Å². The number of H-pyrrole nitrogens is 1. The van der Waals surface area contributed by atoms with Crippen molar-refractivity contribution in [2.24, 2.45) is 0 Å². The zero-order chi connectivity index (χ0) is 21.5. The van der Waals surface area contributed by atoms with Crippen molar-refractivity contribution in [2.75, 3.05) is 11.9 Å². The maximum atomic E-state index is 12.5. The van der Waals surface area contributed by atoms with Gasteiger partial charge in [0.05, 0.1) is 16.6 Å². The summed E-state index contributed by atoms with van der Waals surface area (Å²) >= 11 is 0. The van der Waals surface area contributed by atoms with E-state index in [-0.39, 0.29) is 35.9 Å². The first-order valence-corrected chi connectivity index (χ1v) is 9.59. The molecule has 0 unspecified atom stereocenters. The summed E-state index contributed by atoms with van der Waals surface area (Å²) in [5.41, 5.74) is 2.35. The van der Waals surface area contributed by atoms with Crippen LogP contribution in [0.4, 0.5) is 5.69 Å². The van der Waals surface area contributed by atoms with E-state index >= 15 is 0 Å². The van der Waals surface area contributed by atoms with Crippen molar-refractivity contribution < 1.29 is 14.3 Å². The molecule has 0 atom stereocenters. The molecule has 1 aromatic heterocycles. The standard InChI is InChI=1S/C22H22N4O4/c1-22(2,3)13-5-6-15-14(9-13)20(28)26-19(25-15)21(29)23-10-12-4-7-17-16(8-12)24-18(27)11-30-17/h4-9H,10-11H2,1-3H3,(H,23,29)(H,24,27)(H,25,26,28). The van der Waals surface area contributed by atoms with Crippen LogP contribution in [-0.4, -0.2) is 28.4 Å². The van der Waals surface area contributed by atoms with Gasteiger partial charge in [-0.05, 0) is 40.8 Å². The highest BCUT2D eigenvalue weighted by molar-refractivity contribution is 5.95. The predicted molar refractivity (Wildman–Crippen MR) is 113 cm³/mol. The SMILES string of the molecule is CC(C)(C)c1ccc2nc(C(=O)NCc3ccc4c(c3)NC(=O)CO4)[nH]c(=O)c2c1. The molecule has 4 rings (SSSR count). The lowest BCUT2D eigenvalue weighted by Gasteiger charge is -2.19. The smallest absolute Gasteiger partial charge is 0.287 e. The molecule has 30 heavy (non-hydrogen) atoms. The number of rotatable bonds is 3. The molecule has 2 heterocycles. The number of carbonyl (C=O) groups is 2. The largest absolute Gasteiger partial charge is 0.482 e. The molecule has 154 valence electrons. The highest BCUT2D eigenvalue weighted by Gasteiger charge is 2.18. The molecule has 0 aliphatic carbocycles. The minimum Gasteiger partial charge on any atom is -0.482 e. The third-order valence-electron chi connectivity index (χ3n) is 4.92. The number of carbonyl (C=O) groups excluding carboxylic acids is 2. The summed E-state index contributed by atoms with van der Waals surface area (Å²) in [6.07, 6.45) is 0. The number of fused-ring (bicyclic) bond motifs is 2. The molecule has 3 aromatic rings. The van der Waals surface area contributed by atoms with E-state index in [0.29, 0.717) is 22.3 Å². The van der Waals surface area contributed by atoms with Gasteiger partial charge in [0.25, 0.3) is 17.4 Å². The van der Waals surface area contributed by atoms with Crippen molar-refractivity contribution in [2.45, 2.75) is 32.7 Å². The van der Waals surface area contributed by atoms with Gasteiger partial charge in [-0.2, -0.15) is 0 Å². The third kappa shape index (κ3) is 3.89. The molecular weight excluding hydrogens is 384 g/mol. The predicted octanol–water partition coefficient (Wildman–Crippen LogP) is 2.48. The van der Waals surface area contributed by atoms with Crippen molar-refractivity contribution in [3.63, 3.8) is 0 Å². The highest BCUT2D eigenvalue weighted by atomic mass is 16.5. The van der Waals surface area contributed by atoms with Gasteiger partial charge < -0.3 is 20.4 Å². The summed E-state index contributed by atoms with van der Waals surface area (Å²) in [6.45, 7) is 6.38. The number of anilines is 1. The van der Waals surface area contributed by atoms with Crippen LogP contribution >= 0.6 is 0 Å². The Balaban J connectivity index is 1.53. The van der Waals surface area contributed by atoms with Gasteiger partial charge in [0, 0.05) is 6.54 Å². The van der Waals surface area contributed by atoms with Crippen molar-refractivity contribution in [1.29, 1.82) is 0 Å². The van der Waals surface area contributed by atoms with Gasteiger partial charge in [-0.1, -0.05) is 32.9 Å². The van der Waals surface area contributed by atoms with Gasteiger partial charge in [-0.15, -0.1) is 0 Å². The third-order valence-corrected chi connectivity index (χ3v) is 4.92. The molecule has 2 amide bonds. The van der Waals surface area contributed by atoms with E-state index in [1.807, 2.05) is 12.1 Å². The fourth-order valence-corrected chi connectivity index (χ4v) is 3.22. The summed E-state index contributed by atoms with van der Waals surface area (Å²) in [5.74, 6) is -0.187. The van der Waals surface area contributed by atoms with Gasteiger partial charge in [-0.3, -0.25) is 14.4 Å². The average Bonchev–Trinajstić information content (AvgIpc) is 2.70. The van der Waals surface area contributed by atoms with E-state index in [1.54, 1.807) is 24.3 Å². The molecule has 1 aliphatic heterocycles. The highest BCUT2D eigenvalue weighted by Crippen LogP contribution is 2.28. The Morgan fingerprint density at radius 1 is 1.17 bits per heavy atom. The first-order valence-electron chi connectivity index (χ1n) is 9.59. The van der Waals surface area contributed by atoms with Crippen LogP contribution in [0.25, 0.3) is 10.9 Å². The zero-order valence-electron chi connectivity index (χ0n) is 17.0. The summed E-state index contributed by atoms with van der Waals surface area (Å²) in [4.78, 5) is 43.4. The summed E-state index contributed by atoms with van der Waals surface area (Å²) < 4.78 is 5.32. The first-order chi connectivity index (χ1) is 14.2. The molecule has 0 radical (unpaired) electrons. The average molecular weight is 406 g/mol. The quantitative estimate of drug-likeness (QED) is 0.618. The number of benzene rings is 2. The molecule has 0 fully saturated rings. The van der Waals surface area contributed by atoms with Crippen LogP contribution in [0, 0.1) is 0 Å². The van der Waals surface area contributed by atoms with Crippen molar-refractivity contribution >= 4 is 28.4 Å². The van der Waals surface area contributed by atoms with E-state index < -0.39 is 5.91 Å². The zero-order valence-corrected chi connectivity index (χ0v) is 17.0. The number of nitrogens with one attached hydrogen (secondary N) is 3. The minimum atomic E-state index is -0.494. The normalized spacial score (nSPS) is 13.4. The number of nitrogens with zero attached hydrogens (tertiary/aromatic N) is 1. The van der Waals surface area contributed by atoms with Gasteiger partial charge in [0.1, 0.15) is 5.75 Å².